The number of piperidine rings is 1. The first-order valence-corrected chi connectivity index (χ1v) is 6.54. The van der Waals surface area contributed by atoms with Gasteiger partial charge in [0.1, 0.15) is 0 Å². The molecule has 1 aliphatic rings. The molecule has 2 rings (SSSR count). The molecule has 18 heavy (non-hydrogen) atoms. The van der Waals surface area contributed by atoms with Crippen LogP contribution in [0.1, 0.15) is 18.4 Å². The van der Waals surface area contributed by atoms with Gasteiger partial charge >= 0.3 is 0 Å². The van der Waals surface area contributed by atoms with Crippen LogP contribution in [-0.2, 0) is 11.3 Å². The van der Waals surface area contributed by atoms with Crippen molar-refractivity contribution in [3.8, 4) is 0 Å². The molecule has 3 N–H and O–H groups in total. The van der Waals surface area contributed by atoms with E-state index in [1.807, 2.05) is 18.2 Å². The first kappa shape index (κ1) is 13.3. The predicted octanol–water partition coefficient (Wildman–Crippen LogP) is 1.54. The van der Waals surface area contributed by atoms with E-state index in [1.54, 1.807) is 0 Å². The molecule has 1 aromatic carbocycles. The van der Waals surface area contributed by atoms with Gasteiger partial charge in [-0.1, -0.05) is 23.7 Å². The summed E-state index contributed by atoms with van der Waals surface area (Å²) in [6.07, 6.45) is 1.94. The maximum atomic E-state index is 11.5. The highest BCUT2D eigenvalue weighted by atomic mass is 35.5. The van der Waals surface area contributed by atoms with Crippen LogP contribution in [0, 0.1) is 5.92 Å². The van der Waals surface area contributed by atoms with Crippen LogP contribution in [-0.4, -0.2) is 23.9 Å². The number of nitrogens with one attached hydrogen (secondary N) is 1. The third-order valence-corrected chi connectivity index (χ3v) is 3.55. The van der Waals surface area contributed by atoms with E-state index in [0.29, 0.717) is 0 Å². The molecule has 1 amide bonds. The number of nitrogens with zero attached hydrogens (tertiary/aromatic N) is 1. The van der Waals surface area contributed by atoms with Crippen molar-refractivity contribution in [2.45, 2.75) is 19.4 Å². The van der Waals surface area contributed by atoms with E-state index in [-0.39, 0.29) is 11.8 Å². The Balaban J connectivity index is 1.95. The number of nitrogens with two attached hydrogens (primary N) is 1. The Hall–Kier alpha value is -1.10. The van der Waals surface area contributed by atoms with Crippen molar-refractivity contribution in [2.24, 2.45) is 11.8 Å². The number of likely N-dealkylation sites (tertiary alicyclic amines) is 1. The van der Waals surface area contributed by atoms with Gasteiger partial charge in [0.05, 0.1) is 5.92 Å². The molecule has 1 atom stereocenters. The summed E-state index contributed by atoms with van der Waals surface area (Å²) in [5.74, 6) is 5.12. The van der Waals surface area contributed by atoms with E-state index in [2.05, 4.69) is 16.4 Å². The fourth-order valence-corrected chi connectivity index (χ4v) is 2.64. The van der Waals surface area contributed by atoms with Crippen LogP contribution < -0.4 is 11.3 Å². The van der Waals surface area contributed by atoms with E-state index in [9.17, 15) is 4.79 Å². The molecule has 1 heterocycles. The SMILES string of the molecule is NNC(=O)C1CCCN(Cc2cccc(Cl)c2)C1. The molecule has 98 valence electrons. The first-order chi connectivity index (χ1) is 8.69. The molecule has 1 fully saturated rings. The molecule has 0 aliphatic carbocycles. The lowest BCUT2D eigenvalue weighted by Crippen LogP contribution is -2.44. The fraction of sp³-hybridized carbons (Fsp3) is 0.462. The zero-order valence-electron chi connectivity index (χ0n) is 10.2. The number of benzene rings is 1. The number of amides is 1. The molecule has 1 aromatic rings. The Morgan fingerprint density at radius 1 is 1.56 bits per heavy atom. The predicted molar refractivity (Wildman–Crippen MR) is 71.8 cm³/mol. The summed E-state index contributed by atoms with van der Waals surface area (Å²) in [4.78, 5) is 13.8. The van der Waals surface area contributed by atoms with Crippen molar-refractivity contribution in [3.05, 3.63) is 34.9 Å². The van der Waals surface area contributed by atoms with Gasteiger partial charge in [0, 0.05) is 18.1 Å². The minimum absolute atomic E-state index is 0.00272. The normalized spacial score (nSPS) is 20.7. The van der Waals surface area contributed by atoms with Crippen molar-refractivity contribution in [1.29, 1.82) is 0 Å². The van der Waals surface area contributed by atoms with Crippen molar-refractivity contribution in [1.82, 2.24) is 10.3 Å². The Bertz CT molecular complexity index is 424. The molecule has 0 spiro atoms. The van der Waals surface area contributed by atoms with Gasteiger partial charge < -0.3 is 0 Å². The second kappa shape index (κ2) is 6.18. The van der Waals surface area contributed by atoms with Gasteiger partial charge in [0.15, 0.2) is 0 Å². The topological polar surface area (TPSA) is 58.4 Å². The summed E-state index contributed by atoms with van der Waals surface area (Å²) >= 11 is 5.96. The minimum atomic E-state index is -0.0641. The second-order valence-electron chi connectivity index (χ2n) is 4.71. The summed E-state index contributed by atoms with van der Waals surface area (Å²) < 4.78 is 0. The smallest absolute Gasteiger partial charge is 0.238 e. The van der Waals surface area contributed by atoms with Crippen LogP contribution in [0.25, 0.3) is 0 Å². The van der Waals surface area contributed by atoms with E-state index in [0.717, 1.165) is 37.5 Å². The third-order valence-electron chi connectivity index (χ3n) is 3.31. The molecular formula is C13H18ClN3O. The molecule has 1 unspecified atom stereocenters. The summed E-state index contributed by atoms with van der Waals surface area (Å²) in [6.45, 7) is 2.60. The molecule has 0 bridgehead atoms. The fourth-order valence-electron chi connectivity index (χ4n) is 2.42. The monoisotopic (exact) mass is 267 g/mol. The van der Waals surface area contributed by atoms with Crippen LogP contribution in [0.15, 0.2) is 24.3 Å². The number of carbonyl (C=O) groups excluding carboxylic acids is 1. The summed E-state index contributed by atoms with van der Waals surface area (Å²) in [5, 5.41) is 0.751. The van der Waals surface area contributed by atoms with Gasteiger partial charge in [0.2, 0.25) is 5.91 Å². The first-order valence-electron chi connectivity index (χ1n) is 6.16. The van der Waals surface area contributed by atoms with Crippen molar-refractivity contribution >= 4 is 17.5 Å². The number of halogens is 1. The molecule has 0 saturated carbocycles. The lowest BCUT2D eigenvalue weighted by Gasteiger charge is -2.31. The molecule has 1 saturated heterocycles. The maximum absolute atomic E-state index is 11.5. The lowest BCUT2D eigenvalue weighted by atomic mass is 9.97. The van der Waals surface area contributed by atoms with E-state index >= 15 is 0 Å². The number of rotatable bonds is 3. The summed E-state index contributed by atoms with van der Waals surface area (Å²) in [7, 11) is 0. The highest BCUT2D eigenvalue weighted by Crippen LogP contribution is 2.19. The van der Waals surface area contributed by atoms with Gasteiger partial charge in [-0.15, -0.1) is 0 Å². The Kier molecular flexibility index (Phi) is 4.58. The molecule has 0 aromatic heterocycles. The minimum Gasteiger partial charge on any atom is -0.298 e. The highest BCUT2D eigenvalue weighted by molar-refractivity contribution is 6.30. The number of hydrogen-bond donors (Lipinski definition) is 2. The maximum Gasteiger partial charge on any atom is 0.238 e. The molecule has 0 radical (unpaired) electrons. The molecule has 4 nitrogen and oxygen atoms in total. The van der Waals surface area contributed by atoms with E-state index < -0.39 is 0 Å². The Morgan fingerprint density at radius 3 is 3.11 bits per heavy atom. The average Bonchev–Trinajstić information content (AvgIpc) is 2.38. The summed E-state index contributed by atoms with van der Waals surface area (Å²) in [6, 6.07) is 7.84. The quantitative estimate of drug-likeness (QED) is 0.496. The number of hydrogen-bond acceptors (Lipinski definition) is 3. The number of hydrazine groups is 1. The van der Waals surface area contributed by atoms with Crippen molar-refractivity contribution in [3.63, 3.8) is 0 Å². The second-order valence-corrected chi connectivity index (χ2v) is 5.15. The van der Waals surface area contributed by atoms with Crippen LogP contribution in [0.3, 0.4) is 0 Å². The Labute approximate surface area is 112 Å². The van der Waals surface area contributed by atoms with E-state index in [4.69, 9.17) is 17.4 Å². The van der Waals surface area contributed by atoms with Gasteiger partial charge in [-0.3, -0.25) is 15.1 Å². The van der Waals surface area contributed by atoms with Crippen molar-refractivity contribution in [2.75, 3.05) is 13.1 Å². The van der Waals surface area contributed by atoms with E-state index in [1.165, 1.54) is 5.56 Å². The highest BCUT2D eigenvalue weighted by Gasteiger charge is 2.25. The van der Waals surface area contributed by atoms with Gasteiger partial charge in [-0.2, -0.15) is 0 Å². The van der Waals surface area contributed by atoms with Gasteiger partial charge in [-0.25, -0.2) is 5.84 Å². The third kappa shape index (κ3) is 3.45. The van der Waals surface area contributed by atoms with Crippen LogP contribution in [0.5, 0.6) is 0 Å². The van der Waals surface area contributed by atoms with Crippen LogP contribution in [0.4, 0.5) is 0 Å². The standard InChI is InChI=1S/C13H18ClN3O/c14-12-5-1-3-10(7-12)8-17-6-2-4-11(9-17)13(18)16-15/h1,3,5,7,11H,2,4,6,8-9,15H2,(H,16,18). The molecule has 5 heteroatoms. The zero-order valence-corrected chi connectivity index (χ0v) is 11.0. The zero-order chi connectivity index (χ0) is 13.0. The average molecular weight is 268 g/mol. The summed E-state index contributed by atoms with van der Waals surface area (Å²) in [5.41, 5.74) is 3.42. The van der Waals surface area contributed by atoms with Gasteiger partial charge in [0.25, 0.3) is 0 Å². The van der Waals surface area contributed by atoms with Crippen LogP contribution in [0.2, 0.25) is 5.02 Å². The number of carbonyl (C=O) groups is 1. The largest absolute Gasteiger partial charge is 0.298 e. The van der Waals surface area contributed by atoms with Gasteiger partial charge in [-0.05, 0) is 37.1 Å². The molecular weight excluding hydrogens is 250 g/mol. The van der Waals surface area contributed by atoms with Crippen molar-refractivity contribution < 1.29 is 4.79 Å². The lowest BCUT2D eigenvalue weighted by molar-refractivity contribution is -0.126. The molecule has 1 aliphatic heterocycles. The Morgan fingerprint density at radius 2 is 2.39 bits per heavy atom. The van der Waals surface area contributed by atoms with Crippen LogP contribution >= 0.6 is 11.6 Å².